The number of aliphatic hydroxyl groups excluding tert-OH is 3. The first kappa shape index (κ1) is 28.6. The van der Waals surface area contributed by atoms with E-state index in [4.69, 9.17) is 4.74 Å². The van der Waals surface area contributed by atoms with E-state index >= 15 is 0 Å². The molecule has 4 aliphatic rings. The molecule has 0 aliphatic heterocycles. The van der Waals surface area contributed by atoms with E-state index in [1.807, 2.05) is 13.8 Å². The smallest absolute Gasteiger partial charge is 0.303 e. The Bertz CT molecular complexity index is 1000. The van der Waals surface area contributed by atoms with Gasteiger partial charge in [0.2, 0.25) is 0 Å². The van der Waals surface area contributed by atoms with Gasteiger partial charge in [-0.3, -0.25) is 4.79 Å². The summed E-state index contributed by atoms with van der Waals surface area (Å²) in [6, 6.07) is 0. The summed E-state index contributed by atoms with van der Waals surface area (Å²) in [5.74, 6) is 0.808. The van der Waals surface area contributed by atoms with Crippen LogP contribution in [-0.2, 0) is 9.53 Å². The first-order chi connectivity index (χ1) is 17.1. The SMILES string of the molecule is C=C(CC[C@H](C)[C@H]1CC=C2C3=C([C@@H](O)[C@H](OC(C)=O)[C@@]21C)[C@@]1(C)C[C@@H](O)[C@H](O)C(C)(C)[C@@H]1CC3)C(C)C. The molecule has 9 atom stereocenters. The molecule has 208 valence electrons. The number of carbonyl (C=O) groups is 1. The average Bonchev–Trinajstić information content (AvgIpc) is 3.15. The highest BCUT2D eigenvalue weighted by Crippen LogP contribution is 2.67. The van der Waals surface area contributed by atoms with E-state index in [0.717, 1.165) is 37.7 Å². The first-order valence-corrected chi connectivity index (χ1v) is 14.4. The van der Waals surface area contributed by atoms with Gasteiger partial charge in [-0.2, -0.15) is 0 Å². The number of rotatable bonds is 6. The largest absolute Gasteiger partial charge is 0.458 e. The molecule has 5 nitrogen and oxygen atoms in total. The molecule has 1 fully saturated rings. The third-order valence-corrected chi connectivity index (χ3v) is 11.2. The zero-order valence-electron chi connectivity index (χ0n) is 24.3. The van der Waals surface area contributed by atoms with Crippen molar-refractivity contribution in [1.82, 2.24) is 0 Å². The number of carbonyl (C=O) groups excluding carboxylic acids is 1. The maximum atomic E-state index is 12.4. The molecular weight excluding hydrogens is 464 g/mol. The zero-order chi connectivity index (χ0) is 27.7. The van der Waals surface area contributed by atoms with Gasteiger partial charge in [-0.05, 0) is 89.7 Å². The van der Waals surface area contributed by atoms with Crippen LogP contribution in [0.2, 0.25) is 0 Å². The zero-order valence-corrected chi connectivity index (χ0v) is 24.3. The van der Waals surface area contributed by atoms with Crippen molar-refractivity contribution in [2.24, 2.45) is 39.9 Å². The van der Waals surface area contributed by atoms with Crippen LogP contribution in [0.25, 0.3) is 0 Å². The molecule has 5 heteroatoms. The molecule has 0 aromatic heterocycles. The average molecular weight is 515 g/mol. The summed E-state index contributed by atoms with van der Waals surface area (Å²) in [5.41, 5.74) is 3.17. The fourth-order valence-electron chi connectivity index (χ4n) is 9.06. The summed E-state index contributed by atoms with van der Waals surface area (Å²) in [7, 11) is 0. The molecule has 0 aromatic rings. The second-order valence-electron chi connectivity index (χ2n) is 14.0. The van der Waals surface area contributed by atoms with Gasteiger partial charge in [0, 0.05) is 12.3 Å². The van der Waals surface area contributed by atoms with Crippen LogP contribution in [0.3, 0.4) is 0 Å². The number of esters is 1. The predicted octanol–water partition coefficient (Wildman–Crippen LogP) is 5.74. The van der Waals surface area contributed by atoms with E-state index in [-0.39, 0.29) is 17.8 Å². The van der Waals surface area contributed by atoms with Crippen LogP contribution in [0.15, 0.2) is 34.9 Å². The van der Waals surface area contributed by atoms with E-state index in [0.29, 0.717) is 18.3 Å². The van der Waals surface area contributed by atoms with Crippen LogP contribution < -0.4 is 0 Å². The van der Waals surface area contributed by atoms with Gasteiger partial charge in [0.1, 0.15) is 12.2 Å². The minimum atomic E-state index is -0.939. The molecule has 4 aliphatic carbocycles. The highest BCUT2D eigenvalue weighted by Gasteiger charge is 2.64. The van der Waals surface area contributed by atoms with E-state index in [1.165, 1.54) is 23.6 Å². The van der Waals surface area contributed by atoms with Crippen LogP contribution in [0, 0.1) is 39.9 Å². The number of hydrogen-bond acceptors (Lipinski definition) is 5. The topological polar surface area (TPSA) is 87.0 Å². The molecule has 4 rings (SSSR count). The predicted molar refractivity (Wildman–Crippen MR) is 147 cm³/mol. The van der Waals surface area contributed by atoms with Gasteiger partial charge < -0.3 is 20.1 Å². The van der Waals surface area contributed by atoms with Crippen LogP contribution >= 0.6 is 0 Å². The molecule has 0 aromatic carbocycles. The quantitative estimate of drug-likeness (QED) is 0.311. The summed E-state index contributed by atoms with van der Waals surface area (Å²) in [6.07, 6.45) is 4.08. The van der Waals surface area contributed by atoms with Crippen molar-refractivity contribution in [3.63, 3.8) is 0 Å². The summed E-state index contributed by atoms with van der Waals surface area (Å²) in [4.78, 5) is 12.4. The highest BCUT2D eigenvalue weighted by molar-refractivity contribution is 5.67. The Balaban J connectivity index is 1.78. The summed E-state index contributed by atoms with van der Waals surface area (Å²) < 4.78 is 6.04. The monoisotopic (exact) mass is 514 g/mol. The van der Waals surface area contributed by atoms with Gasteiger partial charge in [0.15, 0.2) is 0 Å². The fraction of sp³-hybridized carbons (Fsp3) is 0.781. The lowest BCUT2D eigenvalue weighted by Crippen LogP contribution is -2.62. The molecule has 0 spiro atoms. The van der Waals surface area contributed by atoms with Gasteiger partial charge >= 0.3 is 5.97 Å². The molecule has 0 bridgehead atoms. The minimum Gasteiger partial charge on any atom is -0.458 e. The van der Waals surface area contributed by atoms with Gasteiger partial charge in [-0.25, -0.2) is 0 Å². The van der Waals surface area contributed by atoms with E-state index in [2.05, 4.69) is 47.3 Å². The second-order valence-corrected chi connectivity index (χ2v) is 14.0. The first-order valence-electron chi connectivity index (χ1n) is 14.4. The third-order valence-electron chi connectivity index (χ3n) is 11.2. The van der Waals surface area contributed by atoms with Crippen molar-refractivity contribution < 1.29 is 24.9 Å². The number of ether oxygens (including phenoxy) is 1. The molecule has 0 heterocycles. The van der Waals surface area contributed by atoms with Gasteiger partial charge in [-0.15, -0.1) is 0 Å². The third kappa shape index (κ3) is 4.28. The van der Waals surface area contributed by atoms with Crippen LogP contribution in [0.1, 0.15) is 93.9 Å². The molecule has 0 saturated heterocycles. The fourth-order valence-corrected chi connectivity index (χ4v) is 9.06. The Labute approximate surface area is 224 Å². The van der Waals surface area contributed by atoms with Crippen LogP contribution in [-0.4, -0.2) is 45.7 Å². The molecule has 0 radical (unpaired) electrons. The highest BCUT2D eigenvalue weighted by atomic mass is 16.6. The summed E-state index contributed by atoms with van der Waals surface area (Å²) in [5, 5.41) is 33.9. The van der Waals surface area contributed by atoms with Gasteiger partial charge in [-0.1, -0.05) is 66.7 Å². The maximum absolute atomic E-state index is 12.4. The molecular formula is C32H50O5. The summed E-state index contributed by atoms with van der Waals surface area (Å²) in [6.45, 7) is 20.8. The Hall–Kier alpha value is -1.43. The maximum Gasteiger partial charge on any atom is 0.303 e. The molecule has 1 saturated carbocycles. The van der Waals surface area contributed by atoms with Crippen molar-refractivity contribution in [2.75, 3.05) is 0 Å². The van der Waals surface area contributed by atoms with Crippen molar-refractivity contribution in [1.29, 1.82) is 0 Å². The summed E-state index contributed by atoms with van der Waals surface area (Å²) >= 11 is 0. The lowest BCUT2D eigenvalue weighted by Gasteiger charge is -2.62. The normalized spacial score (nSPS) is 41.5. The van der Waals surface area contributed by atoms with E-state index < -0.39 is 40.7 Å². The molecule has 0 amide bonds. The molecule has 0 unspecified atom stereocenters. The second kappa shape index (κ2) is 9.64. The lowest BCUT2D eigenvalue weighted by atomic mass is 9.45. The number of hydrogen-bond donors (Lipinski definition) is 3. The number of fused-ring (bicyclic) bond motifs is 4. The standard InChI is InChI=1S/C32H50O5/c1-17(2)18(3)10-11-19(4)22-13-14-23-21-12-15-25-30(6,7)28(36)24(34)16-31(25,8)26(21)27(35)29(32(22,23)9)37-20(5)33/h14,17,19,22,24-25,27-29,34-36H,3,10-13,15-16H2,1-2,4-9H3/t19-,22+,24+,25-,27+,28-,29-,31-,32+/m0/s1. The Morgan fingerprint density at radius 3 is 2.41 bits per heavy atom. The minimum absolute atomic E-state index is 0.105. The number of allylic oxidation sites excluding steroid dienone is 3. The van der Waals surface area contributed by atoms with E-state index in [1.54, 1.807) is 0 Å². The molecule has 37 heavy (non-hydrogen) atoms. The van der Waals surface area contributed by atoms with E-state index in [9.17, 15) is 20.1 Å². The van der Waals surface area contributed by atoms with Crippen LogP contribution in [0.4, 0.5) is 0 Å². The Morgan fingerprint density at radius 2 is 1.81 bits per heavy atom. The Morgan fingerprint density at radius 1 is 1.16 bits per heavy atom. The van der Waals surface area contributed by atoms with Crippen molar-refractivity contribution >= 4 is 5.97 Å². The Kier molecular flexibility index (Phi) is 7.45. The van der Waals surface area contributed by atoms with Gasteiger partial charge in [0.05, 0.1) is 12.2 Å². The molecule has 3 N–H and O–H groups in total. The van der Waals surface area contributed by atoms with Gasteiger partial charge in [0.25, 0.3) is 0 Å². The van der Waals surface area contributed by atoms with Crippen molar-refractivity contribution in [2.45, 2.75) is 118 Å². The number of aliphatic hydroxyl groups is 3. The van der Waals surface area contributed by atoms with Crippen LogP contribution in [0.5, 0.6) is 0 Å². The van der Waals surface area contributed by atoms with Crippen molar-refractivity contribution in [3.05, 3.63) is 34.9 Å². The van der Waals surface area contributed by atoms with Crippen molar-refractivity contribution in [3.8, 4) is 0 Å². The lowest BCUT2D eigenvalue weighted by molar-refractivity contribution is -0.176.